The van der Waals surface area contributed by atoms with E-state index in [9.17, 15) is 4.79 Å². The van der Waals surface area contributed by atoms with Crippen LogP contribution in [0.2, 0.25) is 0 Å². The summed E-state index contributed by atoms with van der Waals surface area (Å²) in [4.78, 5) is 22.2. The van der Waals surface area contributed by atoms with Crippen LogP contribution in [-0.2, 0) is 6.54 Å². The first-order valence-electron chi connectivity index (χ1n) is 8.93. The number of rotatable bonds is 3. The van der Waals surface area contributed by atoms with Gasteiger partial charge in [0.05, 0.1) is 23.0 Å². The summed E-state index contributed by atoms with van der Waals surface area (Å²) in [6, 6.07) is 17.6. The number of aromatic nitrogens is 1. The number of pyridine rings is 1. The van der Waals surface area contributed by atoms with E-state index in [1.54, 1.807) is 0 Å². The van der Waals surface area contributed by atoms with E-state index in [1.807, 2.05) is 75.4 Å². The van der Waals surface area contributed by atoms with Crippen molar-refractivity contribution in [2.75, 3.05) is 0 Å². The number of aliphatic imine (C=N–C) groups is 1. The van der Waals surface area contributed by atoms with Crippen LogP contribution in [-0.4, -0.2) is 10.7 Å². The summed E-state index contributed by atoms with van der Waals surface area (Å²) in [5, 5.41) is 1.07. The number of aryl methyl sites for hydroxylation is 2. The Morgan fingerprint density at radius 2 is 1.81 bits per heavy atom. The van der Waals surface area contributed by atoms with Crippen molar-refractivity contribution >= 4 is 27.8 Å². The van der Waals surface area contributed by atoms with E-state index in [2.05, 4.69) is 9.98 Å². The highest BCUT2D eigenvalue weighted by atomic mass is 16.3. The minimum atomic E-state index is -0.0560. The van der Waals surface area contributed by atoms with Crippen molar-refractivity contribution in [2.24, 2.45) is 4.99 Å². The molecule has 0 spiro atoms. The predicted octanol–water partition coefficient (Wildman–Crippen LogP) is 4.97. The standard InChI is InChI=1S/C23H20N2O2/c1-14-9-10-21-19(11-14)22(26)20-12-18(16(3)25-23(20)27-21)15(2)24-13-17-7-5-4-6-8-17/h4-12H,13H2,1-3H3. The first-order valence-corrected chi connectivity index (χ1v) is 8.93. The summed E-state index contributed by atoms with van der Waals surface area (Å²) >= 11 is 0. The molecule has 0 bridgehead atoms. The normalized spacial score (nSPS) is 12.0. The molecule has 0 aliphatic rings. The van der Waals surface area contributed by atoms with E-state index in [0.717, 1.165) is 28.1 Å². The molecule has 2 heterocycles. The second-order valence-corrected chi connectivity index (χ2v) is 6.79. The number of hydrogen-bond donors (Lipinski definition) is 0. The molecule has 4 nitrogen and oxygen atoms in total. The molecule has 0 aliphatic carbocycles. The zero-order valence-corrected chi connectivity index (χ0v) is 15.6. The topological polar surface area (TPSA) is 55.5 Å². The molecule has 4 heteroatoms. The van der Waals surface area contributed by atoms with Gasteiger partial charge in [-0.25, -0.2) is 4.98 Å². The van der Waals surface area contributed by atoms with Gasteiger partial charge in [0.15, 0.2) is 0 Å². The molecule has 4 rings (SSSR count). The van der Waals surface area contributed by atoms with Crippen LogP contribution in [0.5, 0.6) is 0 Å². The number of fused-ring (bicyclic) bond motifs is 2. The average molecular weight is 356 g/mol. The Bertz CT molecular complexity index is 1240. The molecule has 2 aromatic carbocycles. The molecule has 4 aromatic rings. The van der Waals surface area contributed by atoms with E-state index in [1.165, 1.54) is 0 Å². The maximum absolute atomic E-state index is 13.0. The Kier molecular flexibility index (Phi) is 4.32. The van der Waals surface area contributed by atoms with Crippen LogP contribution in [0.1, 0.15) is 29.3 Å². The summed E-state index contributed by atoms with van der Waals surface area (Å²) in [6.45, 7) is 6.42. The van der Waals surface area contributed by atoms with Crippen molar-refractivity contribution in [3.05, 3.63) is 87.2 Å². The second-order valence-electron chi connectivity index (χ2n) is 6.79. The van der Waals surface area contributed by atoms with E-state index < -0.39 is 0 Å². The zero-order chi connectivity index (χ0) is 19.0. The van der Waals surface area contributed by atoms with Gasteiger partial charge in [-0.05, 0) is 44.5 Å². The molecule has 0 aliphatic heterocycles. The Morgan fingerprint density at radius 1 is 1.04 bits per heavy atom. The van der Waals surface area contributed by atoms with Crippen LogP contribution in [0.25, 0.3) is 22.1 Å². The van der Waals surface area contributed by atoms with Gasteiger partial charge in [0.1, 0.15) is 5.58 Å². The van der Waals surface area contributed by atoms with Gasteiger partial charge in [0.2, 0.25) is 11.1 Å². The Balaban J connectivity index is 1.84. The van der Waals surface area contributed by atoms with Crippen LogP contribution in [0.4, 0.5) is 0 Å². The smallest absolute Gasteiger partial charge is 0.230 e. The van der Waals surface area contributed by atoms with Crippen molar-refractivity contribution in [3.8, 4) is 0 Å². The maximum atomic E-state index is 13.0. The Morgan fingerprint density at radius 3 is 2.59 bits per heavy atom. The molecule has 0 atom stereocenters. The molecule has 2 aromatic heterocycles. The molecule has 0 amide bonds. The van der Waals surface area contributed by atoms with Crippen LogP contribution in [0, 0.1) is 13.8 Å². The molecule has 0 fully saturated rings. The quantitative estimate of drug-likeness (QED) is 0.385. The molecule has 0 saturated carbocycles. The van der Waals surface area contributed by atoms with Crippen molar-refractivity contribution in [1.82, 2.24) is 4.98 Å². The lowest BCUT2D eigenvalue weighted by molar-refractivity contribution is 0.643. The summed E-state index contributed by atoms with van der Waals surface area (Å²) < 4.78 is 5.88. The van der Waals surface area contributed by atoms with Gasteiger partial charge in [0.25, 0.3) is 0 Å². The van der Waals surface area contributed by atoms with Gasteiger partial charge in [-0.2, -0.15) is 0 Å². The lowest BCUT2D eigenvalue weighted by Gasteiger charge is -2.08. The van der Waals surface area contributed by atoms with Gasteiger partial charge in [-0.1, -0.05) is 42.0 Å². The van der Waals surface area contributed by atoms with Gasteiger partial charge in [-0.3, -0.25) is 9.79 Å². The van der Waals surface area contributed by atoms with E-state index in [0.29, 0.717) is 28.6 Å². The van der Waals surface area contributed by atoms with Crippen LogP contribution < -0.4 is 5.43 Å². The summed E-state index contributed by atoms with van der Waals surface area (Å²) in [5.74, 6) is 0. The van der Waals surface area contributed by atoms with Gasteiger partial charge in [-0.15, -0.1) is 0 Å². The molecular weight excluding hydrogens is 336 g/mol. The number of nitrogens with zero attached hydrogens (tertiary/aromatic N) is 2. The monoisotopic (exact) mass is 356 g/mol. The summed E-state index contributed by atoms with van der Waals surface area (Å²) in [6.07, 6.45) is 0. The predicted molar refractivity (Wildman–Crippen MR) is 110 cm³/mol. The molecule has 134 valence electrons. The molecule has 0 N–H and O–H groups in total. The minimum absolute atomic E-state index is 0.0560. The van der Waals surface area contributed by atoms with Gasteiger partial charge < -0.3 is 4.42 Å². The molecule has 0 saturated heterocycles. The van der Waals surface area contributed by atoms with Crippen LogP contribution in [0.15, 0.2) is 68.8 Å². The summed E-state index contributed by atoms with van der Waals surface area (Å²) in [5.41, 5.74) is 5.57. The maximum Gasteiger partial charge on any atom is 0.230 e. The second kappa shape index (κ2) is 6.80. The SMILES string of the molecule is CC(=NCc1ccccc1)c1cc2c(=O)c3cc(C)ccc3oc2nc1C. The fraction of sp³-hybridized carbons (Fsp3) is 0.174. The third-order valence-corrected chi connectivity index (χ3v) is 4.74. The summed E-state index contributed by atoms with van der Waals surface area (Å²) in [7, 11) is 0. The van der Waals surface area contributed by atoms with Crippen molar-refractivity contribution in [2.45, 2.75) is 27.3 Å². The molecular formula is C23H20N2O2. The Hall–Kier alpha value is -3.27. The van der Waals surface area contributed by atoms with Crippen molar-refractivity contribution in [3.63, 3.8) is 0 Å². The molecule has 0 unspecified atom stereocenters. The van der Waals surface area contributed by atoms with Gasteiger partial charge in [0, 0.05) is 11.3 Å². The van der Waals surface area contributed by atoms with Gasteiger partial charge >= 0.3 is 0 Å². The zero-order valence-electron chi connectivity index (χ0n) is 15.6. The fourth-order valence-electron chi connectivity index (χ4n) is 3.23. The largest absolute Gasteiger partial charge is 0.437 e. The van der Waals surface area contributed by atoms with Crippen LogP contribution >= 0.6 is 0 Å². The fourth-order valence-corrected chi connectivity index (χ4v) is 3.23. The minimum Gasteiger partial charge on any atom is -0.437 e. The third kappa shape index (κ3) is 3.26. The van der Waals surface area contributed by atoms with Crippen molar-refractivity contribution in [1.29, 1.82) is 0 Å². The van der Waals surface area contributed by atoms with E-state index in [4.69, 9.17) is 4.42 Å². The number of benzene rings is 2. The highest BCUT2D eigenvalue weighted by Gasteiger charge is 2.13. The first-order chi connectivity index (χ1) is 13.0. The van der Waals surface area contributed by atoms with Crippen molar-refractivity contribution < 1.29 is 4.42 Å². The lowest BCUT2D eigenvalue weighted by atomic mass is 10.1. The van der Waals surface area contributed by atoms with E-state index >= 15 is 0 Å². The average Bonchev–Trinajstić information content (AvgIpc) is 2.67. The molecule has 27 heavy (non-hydrogen) atoms. The van der Waals surface area contributed by atoms with E-state index in [-0.39, 0.29) is 5.43 Å². The highest BCUT2D eigenvalue weighted by molar-refractivity contribution is 6.02. The molecule has 0 radical (unpaired) electrons. The Labute approximate surface area is 157 Å². The number of hydrogen-bond acceptors (Lipinski definition) is 4. The first kappa shape index (κ1) is 17.2. The van der Waals surface area contributed by atoms with Crippen LogP contribution in [0.3, 0.4) is 0 Å². The third-order valence-electron chi connectivity index (χ3n) is 4.74. The highest BCUT2D eigenvalue weighted by Crippen LogP contribution is 2.21. The lowest BCUT2D eigenvalue weighted by Crippen LogP contribution is -2.08.